The van der Waals surface area contributed by atoms with Gasteiger partial charge in [-0.1, -0.05) is 6.08 Å². The highest BCUT2D eigenvalue weighted by Gasteiger charge is 2.19. The molecular formula is C11H20N2O2. The van der Waals surface area contributed by atoms with Crippen LogP contribution in [0, 0.1) is 0 Å². The number of amides is 1. The van der Waals surface area contributed by atoms with Gasteiger partial charge in [0.15, 0.2) is 0 Å². The van der Waals surface area contributed by atoms with E-state index in [9.17, 15) is 9.90 Å². The quantitative estimate of drug-likeness (QED) is 0.674. The van der Waals surface area contributed by atoms with Crippen LogP contribution in [0.4, 0.5) is 0 Å². The van der Waals surface area contributed by atoms with Gasteiger partial charge in [0.05, 0.1) is 6.10 Å². The molecule has 0 saturated carbocycles. The molecule has 1 N–H and O–H groups in total. The lowest BCUT2D eigenvalue weighted by molar-refractivity contribution is -0.127. The molecule has 0 bridgehead atoms. The molecule has 1 heterocycles. The van der Waals surface area contributed by atoms with E-state index in [4.69, 9.17) is 0 Å². The van der Waals surface area contributed by atoms with Crippen LogP contribution in [0.3, 0.4) is 0 Å². The number of hydrogen-bond donors (Lipinski definition) is 1. The third kappa shape index (κ3) is 4.44. The Kier molecular flexibility index (Phi) is 4.78. The number of aliphatic hydroxyl groups excluding tert-OH is 1. The predicted molar refractivity (Wildman–Crippen MR) is 59.5 cm³/mol. The van der Waals surface area contributed by atoms with Crippen molar-refractivity contribution in [3.63, 3.8) is 0 Å². The highest BCUT2D eigenvalue weighted by atomic mass is 16.3. The largest absolute Gasteiger partial charge is 0.393 e. The average Bonchev–Trinajstić information content (AvgIpc) is 2.18. The monoisotopic (exact) mass is 212 g/mol. The summed E-state index contributed by atoms with van der Waals surface area (Å²) in [5, 5.41) is 9.29. The summed E-state index contributed by atoms with van der Waals surface area (Å²) in [6, 6.07) is 0. The molecule has 0 unspecified atom stereocenters. The van der Waals surface area contributed by atoms with Gasteiger partial charge < -0.3 is 14.9 Å². The first-order chi connectivity index (χ1) is 7.09. The van der Waals surface area contributed by atoms with E-state index in [1.807, 2.05) is 25.1 Å². The normalized spacial score (nSPS) is 19.1. The van der Waals surface area contributed by atoms with Crippen LogP contribution in [0.2, 0.25) is 0 Å². The van der Waals surface area contributed by atoms with Crippen LogP contribution in [0.15, 0.2) is 12.2 Å². The van der Waals surface area contributed by atoms with Crippen molar-refractivity contribution in [2.45, 2.75) is 18.9 Å². The van der Waals surface area contributed by atoms with Crippen LogP contribution in [-0.4, -0.2) is 60.6 Å². The molecule has 0 spiro atoms. The van der Waals surface area contributed by atoms with Gasteiger partial charge >= 0.3 is 0 Å². The molecule has 0 aromatic heterocycles. The summed E-state index contributed by atoms with van der Waals surface area (Å²) in [5.41, 5.74) is 0. The van der Waals surface area contributed by atoms with E-state index in [0.29, 0.717) is 25.9 Å². The van der Waals surface area contributed by atoms with Crippen LogP contribution >= 0.6 is 0 Å². The molecule has 4 nitrogen and oxygen atoms in total. The molecular weight excluding hydrogens is 192 g/mol. The highest BCUT2D eigenvalue weighted by molar-refractivity contribution is 5.87. The smallest absolute Gasteiger partial charge is 0.246 e. The minimum Gasteiger partial charge on any atom is -0.393 e. The lowest BCUT2D eigenvalue weighted by Gasteiger charge is -2.28. The number of likely N-dealkylation sites (N-methyl/N-ethyl adjacent to an activating group) is 1. The fourth-order valence-electron chi connectivity index (χ4n) is 1.56. The van der Waals surface area contributed by atoms with Gasteiger partial charge in [0, 0.05) is 25.7 Å². The van der Waals surface area contributed by atoms with Crippen molar-refractivity contribution in [2.24, 2.45) is 0 Å². The molecule has 4 heteroatoms. The Labute approximate surface area is 91.2 Å². The zero-order valence-corrected chi connectivity index (χ0v) is 9.52. The van der Waals surface area contributed by atoms with E-state index in [2.05, 4.69) is 0 Å². The maximum atomic E-state index is 11.6. The van der Waals surface area contributed by atoms with Gasteiger partial charge in [-0.25, -0.2) is 0 Å². The summed E-state index contributed by atoms with van der Waals surface area (Å²) in [6.07, 6.45) is 4.67. The van der Waals surface area contributed by atoms with Gasteiger partial charge in [-0.2, -0.15) is 0 Å². The molecule has 86 valence electrons. The zero-order valence-electron chi connectivity index (χ0n) is 9.52. The summed E-state index contributed by atoms with van der Waals surface area (Å²) < 4.78 is 0. The van der Waals surface area contributed by atoms with E-state index in [1.165, 1.54) is 0 Å². The number of hydrogen-bond acceptors (Lipinski definition) is 3. The van der Waals surface area contributed by atoms with Crippen LogP contribution in [-0.2, 0) is 4.79 Å². The molecule has 0 aromatic carbocycles. The Hall–Kier alpha value is -0.870. The van der Waals surface area contributed by atoms with Crippen molar-refractivity contribution in [3.05, 3.63) is 12.2 Å². The Morgan fingerprint density at radius 1 is 1.47 bits per heavy atom. The molecule has 1 rings (SSSR count). The van der Waals surface area contributed by atoms with Gasteiger partial charge in [-0.3, -0.25) is 4.79 Å². The molecule has 0 radical (unpaired) electrons. The average molecular weight is 212 g/mol. The van der Waals surface area contributed by atoms with E-state index < -0.39 is 0 Å². The number of likely N-dealkylation sites (tertiary alicyclic amines) is 1. The van der Waals surface area contributed by atoms with E-state index in [-0.39, 0.29) is 12.0 Å². The summed E-state index contributed by atoms with van der Waals surface area (Å²) >= 11 is 0. The summed E-state index contributed by atoms with van der Waals surface area (Å²) in [4.78, 5) is 15.4. The fourth-order valence-corrected chi connectivity index (χ4v) is 1.56. The van der Waals surface area contributed by atoms with Crippen LogP contribution in [0.5, 0.6) is 0 Å². The molecule has 0 atom stereocenters. The third-order valence-electron chi connectivity index (χ3n) is 2.51. The predicted octanol–water partition coefficient (Wildman–Crippen LogP) is 0.0875. The molecule has 1 aliphatic rings. The lowest BCUT2D eigenvalue weighted by atomic mass is 10.1. The van der Waals surface area contributed by atoms with E-state index in [0.717, 1.165) is 6.54 Å². The van der Waals surface area contributed by atoms with Crippen molar-refractivity contribution >= 4 is 5.91 Å². The van der Waals surface area contributed by atoms with Crippen LogP contribution < -0.4 is 0 Å². The molecule has 0 aliphatic carbocycles. The van der Waals surface area contributed by atoms with Gasteiger partial charge in [-0.05, 0) is 26.9 Å². The SMILES string of the molecule is CN(C)C/C=C/C(=O)N1CCC(O)CC1. The first kappa shape index (κ1) is 12.2. The van der Waals surface area contributed by atoms with Crippen molar-refractivity contribution in [1.82, 2.24) is 9.80 Å². The number of nitrogens with zero attached hydrogens (tertiary/aromatic N) is 2. The zero-order chi connectivity index (χ0) is 11.3. The molecule has 1 aliphatic heterocycles. The minimum atomic E-state index is -0.222. The van der Waals surface area contributed by atoms with Crippen molar-refractivity contribution in [1.29, 1.82) is 0 Å². The van der Waals surface area contributed by atoms with Gasteiger partial charge in [0.2, 0.25) is 5.91 Å². The number of rotatable bonds is 3. The molecule has 1 amide bonds. The van der Waals surface area contributed by atoms with Crippen molar-refractivity contribution in [3.8, 4) is 0 Å². The minimum absolute atomic E-state index is 0.0590. The topological polar surface area (TPSA) is 43.8 Å². The number of carbonyl (C=O) groups excluding carboxylic acids is 1. The van der Waals surface area contributed by atoms with Gasteiger partial charge in [0.1, 0.15) is 0 Å². The summed E-state index contributed by atoms with van der Waals surface area (Å²) in [7, 11) is 3.93. The highest BCUT2D eigenvalue weighted by Crippen LogP contribution is 2.09. The Morgan fingerprint density at radius 3 is 2.60 bits per heavy atom. The van der Waals surface area contributed by atoms with Gasteiger partial charge in [0.25, 0.3) is 0 Å². The Morgan fingerprint density at radius 2 is 2.07 bits per heavy atom. The second-order valence-corrected chi connectivity index (χ2v) is 4.22. The standard InChI is InChI=1S/C11H20N2O2/c1-12(2)7-3-4-11(15)13-8-5-10(14)6-9-13/h3-4,10,14H,5-9H2,1-2H3/b4-3+. The third-order valence-corrected chi connectivity index (χ3v) is 2.51. The van der Waals surface area contributed by atoms with E-state index >= 15 is 0 Å². The number of carbonyl (C=O) groups is 1. The lowest BCUT2D eigenvalue weighted by Crippen LogP contribution is -2.39. The molecule has 15 heavy (non-hydrogen) atoms. The summed E-state index contributed by atoms with van der Waals surface area (Å²) in [6.45, 7) is 2.13. The molecule has 0 aromatic rings. The maximum absolute atomic E-state index is 11.6. The first-order valence-electron chi connectivity index (χ1n) is 5.38. The number of piperidine rings is 1. The van der Waals surface area contributed by atoms with Crippen molar-refractivity contribution < 1.29 is 9.90 Å². The second kappa shape index (κ2) is 5.88. The van der Waals surface area contributed by atoms with E-state index in [1.54, 1.807) is 11.0 Å². The van der Waals surface area contributed by atoms with Crippen LogP contribution in [0.1, 0.15) is 12.8 Å². The van der Waals surface area contributed by atoms with Crippen molar-refractivity contribution in [2.75, 3.05) is 33.7 Å². The molecule has 1 saturated heterocycles. The van der Waals surface area contributed by atoms with Crippen LogP contribution in [0.25, 0.3) is 0 Å². The maximum Gasteiger partial charge on any atom is 0.246 e. The first-order valence-corrected chi connectivity index (χ1v) is 5.38. The molecule has 1 fully saturated rings. The Balaban J connectivity index is 2.31. The second-order valence-electron chi connectivity index (χ2n) is 4.22. The number of aliphatic hydroxyl groups is 1. The summed E-state index contributed by atoms with van der Waals surface area (Å²) in [5.74, 6) is 0.0590. The fraction of sp³-hybridized carbons (Fsp3) is 0.727. The van der Waals surface area contributed by atoms with Gasteiger partial charge in [-0.15, -0.1) is 0 Å². The Bertz CT molecular complexity index is 231.